The number of carbonyl (C=O) groups is 4. The Hall–Kier alpha value is -3.01. The summed E-state index contributed by atoms with van der Waals surface area (Å²) in [5.41, 5.74) is 0.293. The molecule has 0 bridgehead atoms. The molecule has 0 spiro atoms. The van der Waals surface area contributed by atoms with Crippen molar-refractivity contribution in [3.8, 4) is 11.5 Å². The second-order valence-electron chi connectivity index (χ2n) is 9.47. The van der Waals surface area contributed by atoms with E-state index < -0.39 is 29.6 Å². The standard InChI is InChI=1S/C27H38N2O7S/c1-17(2)26(29-24(31)13-19-12-20(35-3)10-11-23(19)36-4)27(34)28-21(14-25(32)33)22(30)16-37-15-18-8-6-5-7-9-18/h10-12,14,17-18,26H,5-9,13,15-16H2,1-4H3,(H,28,34)(H,29,31)(H,32,33)/b21-14+/t26-/m0/s1. The quantitative estimate of drug-likeness (QED) is 0.310. The van der Waals surface area contributed by atoms with Gasteiger partial charge in [-0.1, -0.05) is 33.1 Å². The average molecular weight is 535 g/mol. The highest BCUT2D eigenvalue weighted by molar-refractivity contribution is 7.99. The Kier molecular flexibility index (Phi) is 12.5. The van der Waals surface area contributed by atoms with Crippen LogP contribution >= 0.6 is 11.8 Å². The van der Waals surface area contributed by atoms with E-state index in [-0.39, 0.29) is 23.8 Å². The number of ketones is 1. The molecule has 1 saturated carbocycles. The summed E-state index contributed by atoms with van der Waals surface area (Å²) in [6, 6.07) is 4.10. The minimum absolute atomic E-state index is 0.0641. The molecule has 0 heterocycles. The van der Waals surface area contributed by atoms with Crippen molar-refractivity contribution in [3.63, 3.8) is 0 Å². The van der Waals surface area contributed by atoms with Gasteiger partial charge in [-0.2, -0.15) is 11.8 Å². The number of carbonyl (C=O) groups excluding carboxylic acids is 3. The largest absolute Gasteiger partial charge is 0.497 e. The summed E-state index contributed by atoms with van der Waals surface area (Å²) in [5.74, 6) is -0.674. The van der Waals surface area contributed by atoms with Crippen LogP contribution in [0, 0.1) is 11.8 Å². The van der Waals surface area contributed by atoms with Crippen molar-refractivity contribution in [1.82, 2.24) is 10.6 Å². The Labute approximate surface area is 222 Å². The van der Waals surface area contributed by atoms with E-state index in [0.29, 0.717) is 29.1 Å². The maximum absolute atomic E-state index is 13.1. The molecule has 1 aliphatic carbocycles. The molecule has 37 heavy (non-hydrogen) atoms. The number of methoxy groups -OCH3 is 2. The van der Waals surface area contributed by atoms with Gasteiger partial charge in [0.15, 0.2) is 5.78 Å². The zero-order chi connectivity index (χ0) is 27.4. The van der Waals surface area contributed by atoms with E-state index >= 15 is 0 Å². The molecule has 3 N–H and O–H groups in total. The Morgan fingerprint density at radius 3 is 2.41 bits per heavy atom. The van der Waals surface area contributed by atoms with Crippen molar-refractivity contribution >= 4 is 35.3 Å². The van der Waals surface area contributed by atoms with Crippen molar-refractivity contribution in [2.45, 2.75) is 58.4 Å². The second kappa shape index (κ2) is 15.3. The average Bonchev–Trinajstić information content (AvgIpc) is 2.86. The van der Waals surface area contributed by atoms with E-state index in [2.05, 4.69) is 10.6 Å². The summed E-state index contributed by atoms with van der Waals surface area (Å²) < 4.78 is 10.5. The van der Waals surface area contributed by atoms with Gasteiger partial charge in [0.1, 0.15) is 17.5 Å². The molecule has 0 aliphatic heterocycles. The van der Waals surface area contributed by atoms with Crippen molar-refractivity contribution < 1.29 is 33.8 Å². The number of nitrogens with one attached hydrogen (secondary N) is 2. The monoisotopic (exact) mass is 534 g/mol. The molecule has 2 amide bonds. The fourth-order valence-corrected chi connectivity index (χ4v) is 5.35. The van der Waals surface area contributed by atoms with E-state index in [1.54, 1.807) is 32.0 Å². The SMILES string of the molecule is COc1ccc(OC)c(CC(=O)N[C@H](C(=O)N/C(=C/C(=O)O)C(=O)CSCC2CCCCC2)C(C)C)c1. The lowest BCUT2D eigenvalue weighted by Crippen LogP contribution is -2.50. The number of amides is 2. The summed E-state index contributed by atoms with van der Waals surface area (Å²) in [7, 11) is 3.01. The first-order valence-electron chi connectivity index (χ1n) is 12.5. The van der Waals surface area contributed by atoms with E-state index in [9.17, 15) is 24.3 Å². The Morgan fingerprint density at radius 1 is 1.11 bits per heavy atom. The summed E-state index contributed by atoms with van der Waals surface area (Å²) in [6.07, 6.45) is 6.59. The summed E-state index contributed by atoms with van der Waals surface area (Å²) in [4.78, 5) is 50.0. The molecule has 1 aromatic carbocycles. The highest BCUT2D eigenvalue weighted by Gasteiger charge is 2.27. The van der Waals surface area contributed by atoms with Crippen LogP contribution in [0.1, 0.15) is 51.5 Å². The number of allylic oxidation sites excluding steroid dienone is 1. The topological polar surface area (TPSA) is 131 Å². The second-order valence-corrected chi connectivity index (χ2v) is 10.5. The van der Waals surface area contributed by atoms with Crippen LogP contribution in [0.3, 0.4) is 0 Å². The number of rotatable bonds is 14. The van der Waals surface area contributed by atoms with Crippen molar-refractivity contribution in [1.29, 1.82) is 0 Å². The number of Topliss-reactive ketones (excluding diaryl/α,β-unsaturated/α-hetero) is 1. The van der Waals surface area contributed by atoms with E-state index in [1.807, 2.05) is 0 Å². The number of ether oxygens (including phenoxy) is 2. The molecule has 0 saturated heterocycles. The highest BCUT2D eigenvalue weighted by Crippen LogP contribution is 2.27. The first kappa shape index (κ1) is 30.2. The van der Waals surface area contributed by atoms with Gasteiger partial charge < -0.3 is 25.2 Å². The summed E-state index contributed by atoms with van der Waals surface area (Å²) in [5, 5.41) is 14.4. The number of hydrogen-bond acceptors (Lipinski definition) is 7. The molecule has 1 atom stereocenters. The van der Waals surface area contributed by atoms with Gasteiger partial charge in [-0.3, -0.25) is 14.4 Å². The number of benzene rings is 1. The number of aliphatic carboxylic acids is 1. The summed E-state index contributed by atoms with van der Waals surface area (Å²) >= 11 is 1.46. The van der Waals surface area contributed by atoms with Crippen LogP contribution in [0.25, 0.3) is 0 Å². The lowest BCUT2D eigenvalue weighted by Gasteiger charge is -2.23. The third kappa shape index (κ3) is 10.1. The van der Waals surface area contributed by atoms with Gasteiger partial charge in [0.2, 0.25) is 11.8 Å². The van der Waals surface area contributed by atoms with Gasteiger partial charge in [-0.05, 0) is 48.6 Å². The first-order chi connectivity index (χ1) is 17.6. The highest BCUT2D eigenvalue weighted by atomic mass is 32.2. The molecule has 9 nitrogen and oxygen atoms in total. The summed E-state index contributed by atoms with van der Waals surface area (Å²) in [6.45, 7) is 3.50. The van der Waals surface area contributed by atoms with Gasteiger partial charge in [0.05, 0.1) is 38.2 Å². The number of carboxylic acids is 1. The van der Waals surface area contributed by atoms with Gasteiger partial charge in [-0.25, -0.2) is 4.79 Å². The zero-order valence-corrected chi connectivity index (χ0v) is 22.8. The van der Waals surface area contributed by atoms with Gasteiger partial charge in [-0.15, -0.1) is 0 Å². The number of thioether (sulfide) groups is 1. The zero-order valence-electron chi connectivity index (χ0n) is 22.0. The molecule has 0 unspecified atom stereocenters. The Morgan fingerprint density at radius 2 is 1.81 bits per heavy atom. The molecule has 1 aromatic rings. The molecule has 1 fully saturated rings. The predicted octanol–water partition coefficient (Wildman–Crippen LogP) is 3.35. The number of hydrogen-bond donors (Lipinski definition) is 3. The van der Waals surface area contributed by atoms with E-state index in [1.165, 1.54) is 45.2 Å². The maximum Gasteiger partial charge on any atom is 0.330 e. The molecule has 1 aliphatic rings. The van der Waals surface area contributed by atoms with E-state index in [0.717, 1.165) is 18.6 Å². The van der Waals surface area contributed by atoms with Crippen LogP contribution < -0.4 is 20.1 Å². The molecule has 0 radical (unpaired) electrons. The fourth-order valence-electron chi connectivity index (χ4n) is 4.22. The van der Waals surface area contributed by atoms with Crippen LogP contribution in [0.15, 0.2) is 30.0 Å². The van der Waals surface area contributed by atoms with Crippen LogP contribution in [0.2, 0.25) is 0 Å². The number of carboxylic acid groups (broad SMARTS) is 1. The lowest BCUT2D eigenvalue weighted by atomic mass is 9.91. The van der Waals surface area contributed by atoms with E-state index in [4.69, 9.17) is 9.47 Å². The third-order valence-electron chi connectivity index (χ3n) is 6.24. The predicted molar refractivity (Wildman–Crippen MR) is 143 cm³/mol. The molecule has 2 rings (SSSR count). The molecule has 0 aromatic heterocycles. The Bertz CT molecular complexity index is 987. The smallest absolute Gasteiger partial charge is 0.330 e. The normalized spacial score (nSPS) is 15.1. The maximum atomic E-state index is 13.1. The van der Waals surface area contributed by atoms with Gasteiger partial charge >= 0.3 is 5.97 Å². The van der Waals surface area contributed by atoms with Crippen molar-refractivity contribution in [2.24, 2.45) is 11.8 Å². The molecular weight excluding hydrogens is 496 g/mol. The van der Waals surface area contributed by atoms with Gasteiger partial charge in [0, 0.05) is 5.56 Å². The Balaban J connectivity index is 2.03. The van der Waals surface area contributed by atoms with Crippen molar-refractivity contribution in [3.05, 3.63) is 35.5 Å². The lowest BCUT2D eigenvalue weighted by molar-refractivity contribution is -0.132. The first-order valence-corrected chi connectivity index (χ1v) is 13.7. The minimum Gasteiger partial charge on any atom is -0.497 e. The van der Waals surface area contributed by atoms with Crippen LogP contribution in [-0.2, 0) is 25.6 Å². The van der Waals surface area contributed by atoms with Crippen LogP contribution in [-0.4, -0.2) is 60.4 Å². The van der Waals surface area contributed by atoms with Crippen LogP contribution in [0.4, 0.5) is 0 Å². The fraction of sp³-hybridized carbons (Fsp3) is 0.556. The molecule has 10 heteroatoms. The molecular formula is C27H38N2O7S. The van der Waals surface area contributed by atoms with Crippen LogP contribution in [0.5, 0.6) is 11.5 Å². The van der Waals surface area contributed by atoms with Gasteiger partial charge in [0.25, 0.3) is 0 Å². The molecule has 204 valence electrons. The minimum atomic E-state index is -1.34. The third-order valence-corrected chi connectivity index (χ3v) is 7.42. The van der Waals surface area contributed by atoms with Crippen molar-refractivity contribution in [2.75, 3.05) is 25.7 Å².